The smallest absolute Gasteiger partial charge is 0.337 e. The normalized spacial score (nSPS) is 11.5. The Morgan fingerprint density at radius 2 is 1.55 bits per heavy atom. The Morgan fingerprint density at radius 1 is 0.939 bits per heavy atom. The van der Waals surface area contributed by atoms with Crippen LogP contribution in [0.5, 0.6) is 0 Å². The van der Waals surface area contributed by atoms with E-state index < -0.39 is 28.4 Å². The molecule has 3 rings (SSSR count). The number of ether oxygens (including phenoxy) is 1. The minimum Gasteiger partial charge on any atom is -0.465 e. The maximum atomic E-state index is 13.1. The number of sulfonamides is 1. The van der Waals surface area contributed by atoms with Gasteiger partial charge in [-0.25, -0.2) is 18.6 Å². The number of amides is 1. The van der Waals surface area contributed by atoms with Crippen molar-refractivity contribution in [2.75, 3.05) is 13.7 Å². The highest BCUT2D eigenvalue weighted by Gasteiger charge is 2.26. The third kappa shape index (κ3) is 6.58. The molecule has 9 heteroatoms. The average molecular weight is 466 g/mol. The molecule has 0 fully saturated rings. The lowest BCUT2D eigenvalue weighted by Crippen LogP contribution is -2.39. The molecule has 3 aromatic carbocycles. The van der Waals surface area contributed by atoms with Gasteiger partial charge >= 0.3 is 5.97 Å². The lowest BCUT2D eigenvalue weighted by atomic mass is 10.1. The molecule has 0 aliphatic rings. The molecule has 0 aromatic heterocycles. The standard InChI is InChI=1S/C24H23N3O5S/c1-32-24(29)21-14-12-19(13-15-21)16-25-26-23(28)18-27(17-20-8-4-2-5-9-20)33(30,31)22-10-6-3-7-11-22/h2-16H,17-18H2,1H3,(H,26,28)/b25-16-. The van der Waals surface area contributed by atoms with Crippen molar-refractivity contribution in [1.82, 2.24) is 9.73 Å². The zero-order valence-electron chi connectivity index (χ0n) is 17.9. The minimum atomic E-state index is -3.91. The number of esters is 1. The molecule has 0 unspecified atom stereocenters. The van der Waals surface area contributed by atoms with E-state index in [1.54, 1.807) is 66.7 Å². The fraction of sp³-hybridized carbons (Fsp3) is 0.125. The first-order chi connectivity index (χ1) is 15.9. The Kier molecular flexibility index (Phi) is 8.06. The van der Waals surface area contributed by atoms with Crippen LogP contribution in [0.4, 0.5) is 0 Å². The first-order valence-corrected chi connectivity index (χ1v) is 11.4. The van der Waals surface area contributed by atoms with E-state index in [0.29, 0.717) is 11.1 Å². The van der Waals surface area contributed by atoms with Gasteiger partial charge in [0.1, 0.15) is 0 Å². The predicted octanol–water partition coefficient (Wildman–Crippen LogP) is 2.81. The van der Waals surface area contributed by atoms with Gasteiger partial charge in [0.25, 0.3) is 5.91 Å². The molecule has 0 bridgehead atoms. The summed E-state index contributed by atoms with van der Waals surface area (Å²) in [5.74, 6) is -1.04. The molecule has 0 heterocycles. The van der Waals surface area contributed by atoms with Crippen LogP contribution >= 0.6 is 0 Å². The molecular formula is C24H23N3O5S. The van der Waals surface area contributed by atoms with E-state index in [2.05, 4.69) is 15.3 Å². The van der Waals surface area contributed by atoms with Gasteiger partial charge < -0.3 is 4.74 Å². The van der Waals surface area contributed by atoms with Crippen LogP contribution in [0.2, 0.25) is 0 Å². The van der Waals surface area contributed by atoms with Gasteiger partial charge in [0.05, 0.1) is 30.3 Å². The Hall–Kier alpha value is -3.82. The Morgan fingerprint density at radius 3 is 2.15 bits per heavy atom. The van der Waals surface area contributed by atoms with Crippen molar-refractivity contribution in [3.63, 3.8) is 0 Å². The minimum absolute atomic E-state index is 0.0319. The van der Waals surface area contributed by atoms with E-state index in [4.69, 9.17) is 0 Å². The van der Waals surface area contributed by atoms with Crippen molar-refractivity contribution in [2.24, 2.45) is 5.10 Å². The molecule has 0 aliphatic heterocycles. The van der Waals surface area contributed by atoms with Crippen LogP contribution in [0.3, 0.4) is 0 Å². The first kappa shape index (κ1) is 23.8. The van der Waals surface area contributed by atoms with E-state index in [9.17, 15) is 18.0 Å². The number of hydrogen-bond donors (Lipinski definition) is 1. The highest BCUT2D eigenvalue weighted by Crippen LogP contribution is 2.18. The van der Waals surface area contributed by atoms with Crippen molar-refractivity contribution in [2.45, 2.75) is 11.4 Å². The van der Waals surface area contributed by atoms with Crippen LogP contribution in [0.1, 0.15) is 21.5 Å². The Labute approximate surface area is 192 Å². The Balaban J connectivity index is 1.70. The van der Waals surface area contributed by atoms with E-state index >= 15 is 0 Å². The van der Waals surface area contributed by atoms with Gasteiger partial charge in [0, 0.05) is 6.54 Å². The second-order valence-corrected chi connectivity index (χ2v) is 8.92. The largest absolute Gasteiger partial charge is 0.465 e. The van der Waals surface area contributed by atoms with E-state index in [0.717, 1.165) is 9.87 Å². The number of nitrogens with zero attached hydrogens (tertiary/aromatic N) is 2. The molecule has 33 heavy (non-hydrogen) atoms. The maximum Gasteiger partial charge on any atom is 0.337 e. The molecule has 0 atom stereocenters. The van der Waals surface area contributed by atoms with Gasteiger partial charge in [-0.1, -0.05) is 60.7 Å². The predicted molar refractivity (Wildman–Crippen MR) is 124 cm³/mol. The molecule has 170 valence electrons. The average Bonchev–Trinajstić information content (AvgIpc) is 2.84. The van der Waals surface area contributed by atoms with Gasteiger partial charge in [0.15, 0.2) is 0 Å². The lowest BCUT2D eigenvalue weighted by molar-refractivity contribution is -0.121. The zero-order valence-corrected chi connectivity index (χ0v) is 18.7. The summed E-state index contributed by atoms with van der Waals surface area (Å²) in [7, 11) is -2.61. The molecule has 0 saturated carbocycles. The van der Waals surface area contributed by atoms with Gasteiger partial charge in [-0.05, 0) is 35.4 Å². The summed E-state index contributed by atoms with van der Waals surface area (Å²) in [5, 5.41) is 3.89. The van der Waals surface area contributed by atoms with Crippen molar-refractivity contribution >= 4 is 28.1 Å². The van der Waals surface area contributed by atoms with Crippen LogP contribution in [-0.4, -0.2) is 44.5 Å². The summed E-state index contributed by atoms with van der Waals surface area (Å²) in [5.41, 5.74) is 4.13. The molecule has 1 N–H and O–H groups in total. The van der Waals surface area contributed by atoms with Crippen LogP contribution in [0, 0.1) is 0 Å². The molecular weight excluding hydrogens is 442 g/mol. The second kappa shape index (κ2) is 11.2. The Bertz CT molecular complexity index is 1210. The molecule has 3 aromatic rings. The third-order valence-electron chi connectivity index (χ3n) is 4.64. The topological polar surface area (TPSA) is 105 Å². The zero-order chi connectivity index (χ0) is 23.7. The summed E-state index contributed by atoms with van der Waals surface area (Å²) in [4.78, 5) is 24.1. The molecule has 0 aliphatic carbocycles. The quantitative estimate of drug-likeness (QED) is 0.297. The first-order valence-electron chi connectivity index (χ1n) is 9.99. The summed E-state index contributed by atoms with van der Waals surface area (Å²) >= 11 is 0. The number of hydrazone groups is 1. The second-order valence-electron chi connectivity index (χ2n) is 6.98. The summed E-state index contributed by atoms with van der Waals surface area (Å²) in [6, 6.07) is 23.4. The van der Waals surface area contributed by atoms with E-state index in [1.165, 1.54) is 25.5 Å². The van der Waals surface area contributed by atoms with Crippen LogP contribution in [0.15, 0.2) is 94.9 Å². The fourth-order valence-electron chi connectivity index (χ4n) is 2.95. The molecule has 8 nitrogen and oxygen atoms in total. The highest BCUT2D eigenvalue weighted by atomic mass is 32.2. The van der Waals surface area contributed by atoms with Crippen molar-refractivity contribution in [3.05, 3.63) is 102 Å². The van der Waals surface area contributed by atoms with Crippen molar-refractivity contribution in [3.8, 4) is 0 Å². The number of nitrogens with one attached hydrogen (secondary N) is 1. The molecule has 0 radical (unpaired) electrons. The van der Waals surface area contributed by atoms with Gasteiger partial charge in [-0.15, -0.1) is 0 Å². The number of benzene rings is 3. The van der Waals surface area contributed by atoms with Gasteiger partial charge in [0.2, 0.25) is 10.0 Å². The van der Waals surface area contributed by atoms with Crippen LogP contribution < -0.4 is 5.43 Å². The molecule has 1 amide bonds. The van der Waals surface area contributed by atoms with Crippen molar-refractivity contribution < 1.29 is 22.7 Å². The third-order valence-corrected chi connectivity index (χ3v) is 6.44. The van der Waals surface area contributed by atoms with Crippen LogP contribution in [-0.2, 0) is 26.1 Å². The molecule has 0 saturated heterocycles. The number of rotatable bonds is 9. The number of hydrogen-bond acceptors (Lipinski definition) is 6. The summed E-state index contributed by atoms with van der Waals surface area (Å²) in [6.07, 6.45) is 1.40. The van der Waals surface area contributed by atoms with Gasteiger partial charge in [-0.3, -0.25) is 4.79 Å². The number of carbonyl (C=O) groups is 2. The summed E-state index contributed by atoms with van der Waals surface area (Å²) in [6.45, 7) is -0.380. The SMILES string of the molecule is COC(=O)c1ccc(/C=N\NC(=O)CN(Cc2ccccc2)S(=O)(=O)c2ccccc2)cc1. The van der Waals surface area contributed by atoms with Crippen molar-refractivity contribution in [1.29, 1.82) is 0 Å². The fourth-order valence-corrected chi connectivity index (χ4v) is 4.36. The van der Waals surface area contributed by atoms with E-state index in [1.807, 2.05) is 6.07 Å². The van der Waals surface area contributed by atoms with Crippen LogP contribution in [0.25, 0.3) is 0 Å². The number of carbonyl (C=O) groups excluding carboxylic acids is 2. The number of methoxy groups -OCH3 is 1. The highest BCUT2D eigenvalue weighted by molar-refractivity contribution is 7.89. The monoisotopic (exact) mass is 465 g/mol. The lowest BCUT2D eigenvalue weighted by Gasteiger charge is -2.21. The maximum absolute atomic E-state index is 13.1. The molecule has 0 spiro atoms. The summed E-state index contributed by atoms with van der Waals surface area (Å²) < 4.78 is 32.0. The van der Waals surface area contributed by atoms with Gasteiger partial charge in [-0.2, -0.15) is 9.41 Å². The van der Waals surface area contributed by atoms with E-state index in [-0.39, 0.29) is 11.4 Å².